The van der Waals surface area contributed by atoms with Crippen LogP contribution in [-0.4, -0.2) is 30.9 Å². The van der Waals surface area contributed by atoms with Gasteiger partial charge in [-0.3, -0.25) is 25.2 Å². The third-order valence-electron chi connectivity index (χ3n) is 4.51. The largest absolute Gasteiger partial charge is 0.497 e. The van der Waals surface area contributed by atoms with Gasteiger partial charge >= 0.3 is 0 Å². The van der Waals surface area contributed by atoms with E-state index in [1.54, 1.807) is 37.4 Å². The van der Waals surface area contributed by atoms with Crippen molar-refractivity contribution in [3.8, 4) is 5.75 Å². The van der Waals surface area contributed by atoms with Crippen LogP contribution in [0.4, 0.5) is 0 Å². The fourth-order valence-electron chi connectivity index (χ4n) is 2.83. The van der Waals surface area contributed by atoms with E-state index in [4.69, 9.17) is 4.74 Å². The van der Waals surface area contributed by atoms with E-state index in [2.05, 4.69) is 16.2 Å². The summed E-state index contributed by atoms with van der Waals surface area (Å²) < 4.78 is 5.08. The number of carbonyl (C=O) groups is 3. The van der Waals surface area contributed by atoms with Gasteiger partial charge in [0.1, 0.15) is 11.8 Å². The Balaban J connectivity index is 2.01. The van der Waals surface area contributed by atoms with Crippen molar-refractivity contribution in [2.75, 3.05) is 7.11 Å². The topological polar surface area (TPSA) is 96.5 Å². The molecule has 0 aliphatic heterocycles. The number of benzene rings is 2. The van der Waals surface area contributed by atoms with Crippen molar-refractivity contribution in [3.63, 3.8) is 0 Å². The van der Waals surface area contributed by atoms with Gasteiger partial charge in [0, 0.05) is 11.1 Å². The van der Waals surface area contributed by atoms with Crippen molar-refractivity contribution in [2.45, 2.75) is 33.7 Å². The molecule has 0 aliphatic carbocycles. The molecular formula is C22H27N3O4. The first-order valence-corrected chi connectivity index (χ1v) is 9.35. The molecular weight excluding hydrogens is 370 g/mol. The number of nitrogens with one attached hydrogen (secondary N) is 3. The van der Waals surface area contributed by atoms with Gasteiger partial charge < -0.3 is 10.1 Å². The first-order valence-electron chi connectivity index (χ1n) is 9.35. The summed E-state index contributed by atoms with van der Waals surface area (Å²) in [7, 11) is 1.54. The molecule has 0 spiro atoms. The minimum Gasteiger partial charge on any atom is -0.497 e. The number of rotatable bonds is 6. The molecule has 0 heterocycles. The van der Waals surface area contributed by atoms with Crippen LogP contribution in [0.15, 0.2) is 42.5 Å². The predicted octanol–water partition coefficient (Wildman–Crippen LogP) is 2.53. The van der Waals surface area contributed by atoms with Crippen LogP contribution < -0.4 is 20.9 Å². The van der Waals surface area contributed by atoms with Crippen molar-refractivity contribution in [1.82, 2.24) is 16.2 Å². The second-order valence-corrected chi connectivity index (χ2v) is 7.19. The lowest BCUT2D eigenvalue weighted by atomic mass is 10.0. The van der Waals surface area contributed by atoms with Crippen LogP contribution in [0.1, 0.15) is 45.7 Å². The zero-order chi connectivity index (χ0) is 21.6. The van der Waals surface area contributed by atoms with Gasteiger partial charge in [-0.2, -0.15) is 0 Å². The summed E-state index contributed by atoms with van der Waals surface area (Å²) >= 11 is 0. The van der Waals surface area contributed by atoms with E-state index in [0.717, 1.165) is 11.1 Å². The molecule has 0 saturated carbocycles. The van der Waals surface area contributed by atoms with Crippen molar-refractivity contribution in [1.29, 1.82) is 0 Å². The van der Waals surface area contributed by atoms with Crippen LogP contribution in [0.5, 0.6) is 5.75 Å². The summed E-state index contributed by atoms with van der Waals surface area (Å²) in [6, 6.07) is 11.2. The molecule has 0 bridgehead atoms. The summed E-state index contributed by atoms with van der Waals surface area (Å²) in [5.41, 5.74) is 7.56. The van der Waals surface area contributed by atoms with E-state index >= 15 is 0 Å². The number of hydrogen-bond donors (Lipinski definition) is 3. The van der Waals surface area contributed by atoms with Crippen molar-refractivity contribution in [2.24, 2.45) is 5.92 Å². The lowest BCUT2D eigenvalue weighted by Gasteiger charge is -2.22. The van der Waals surface area contributed by atoms with Crippen LogP contribution in [-0.2, 0) is 4.79 Å². The van der Waals surface area contributed by atoms with Crippen molar-refractivity contribution in [3.05, 3.63) is 64.7 Å². The average Bonchev–Trinajstić information content (AvgIpc) is 2.69. The van der Waals surface area contributed by atoms with Crippen LogP contribution >= 0.6 is 0 Å². The van der Waals surface area contributed by atoms with Gasteiger partial charge in [0.15, 0.2) is 0 Å². The third-order valence-corrected chi connectivity index (χ3v) is 4.51. The lowest BCUT2D eigenvalue weighted by molar-refractivity contribution is -0.124. The fraction of sp³-hybridized carbons (Fsp3) is 0.318. The Bertz CT molecular complexity index is 891. The number of methoxy groups -OCH3 is 1. The molecule has 2 aromatic carbocycles. The van der Waals surface area contributed by atoms with E-state index in [9.17, 15) is 14.4 Å². The molecule has 2 rings (SSSR count). The molecule has 7 heteroatoms. The molecule has 3 amide bonds. The van der Waals surface area contributed by atoms with Gasteiger partial charge in [-0.25, -0.2) is 0 Å². The number of hydrogen-bond acceptors (Lipinski definition) is 4. The summed E-state index contributed by atoms with van der Waals surface area (Å²) in [5.74, 6) is -0.856. The Hall–Kier alpha value is -3.35. The molecule has 1 atom stereocenters. The minimum atomic E-state index is -0.816. The van der Waals surface area contributed by atoms with Gasteiger partial charge in [0.05, 0.1) is 7.11 Å². The monoisotopic (exact) mass is 397 g/mol. The molecule has 3 N–H and O–H groups in total. The molecule has 7 nitrogen and oxygen atoms in total. The maximum absolute atomic E-state index is 12.6. The quantitative estimate of drug-likeness (QED) is 0.653. The molecule has 0 saturated heterocycles. The highest BCUT2D eigenvalue weighted by molar-refractivity contribution is 5.99. The van der Waals surface area contributed by atoms with Crippen LogP contribution in [0.3, 0.4) is 0 Å². The zero-order valence-electron chi connectivity index (χ0n) is 17.3. The third kappa shape index (κ3) is 5.81. The van der Waals surface area contributed by atoms with Crippen LogP contribution in [0.2, 0.25) is 0 Å². The Morgan fingerprint density at radius 2 is 1.55 bits per heavy atom. The molecule has 0 aromatic heterocycles. The summed E-state index contributed by atoms with van der Waals surface area (Å²) in [4.78, 5) is 37.4. The van der Waals surface area contributed by atoms with Gasteiger partial charge in [-0.05, 0) is 55.7 Å². The number of aryl methyl sites for hydroxylation is 2. The molecule has 0 aliphatic rings. The number of amides is 3. The van der Waals surface area contributed by atoms with E-state index in [-0.39, 0.29) is 11.8 Å². The molecule has 0 fully saturated rings. The summed E-state index contributed by atoms with van der Waals surface area (Å²) in [5, 5.41) is 2.71. The minimum absolute atomic E-state index is 0.185. The molecule has 29 heavy (non-hydrogen) atoms. The highest BCUT2D eigenvalue weighted by Crippen LogP contribution is 2.12. The molecule has 154 valence electrons. The number of ether oxygens (including phenoxy) is 1. The average molecular weight is 397 g/mol. The molecule has 0 unspecified atom stereocenters. The summed E-state index contributed by atoms with van der Waals surface area (Å²) in [6.45, 7) is 7.39. The smallest absolute Gasteiger partial charge is 0.269 e. The summed E-state index contributed by atoms with van der Waals surface area (Å²) in [6.07, 6.45) is 0. The predicted molar refractivity (Wildman–Crippen MR) is 111 cm³/mol. The van der Waals surface area contributed by atoms with Gasteiger partial charge in [0.25, 0.3) is 17.7 Å². The number of carbonyl (C=O) groups excluding carboxylic acids is 3. The van der Waals surface area contributed by atoms with Crippen LogP contribution in [0, 0.1) is 19.8 Å². The Morgan fingerprint density at radius 3 is 2.10 bits per heavy atom. The molecule has 2 aromatic rings. The highest BCUT2D eigenvalue weighted by atomic mass is 16.5. The highest BCUT2D eigenvalue weighted by Gasteiger charge is 2.25. The van der Waals surface area contributed by atoms with E-state index in [1.807, 2.05) is 39.8 Å². The molecule has 0 radical (unpaired) electrons. The second-order valence-electron chi connectivity index (χ2n) is 7.19. The second kappa shape index (κ2) is 9.73. The van der Waals surface area contributed by atoms with Crippen molar-refractivity contribution < 1.29 is 19.1 Å². The van der Waals surface area contributed by atoms with Crippen LogP contribution in [0.25, 0.3) is 0 Å². The standard InChI is InChI=1S/C22H27N3O4/c1-13(2)19(23-20(26)16-7-9-17(29-5)10-8-16)22(28)25-24-21(27)18-11-6-14(3)12-15(18)4/h6-13,19H,1-5H3,(H,23,26)(H,24,27)(H,25,28)/t19-/m0/s1. The first kappa shape index (κ1) is 21.9. The van der Waals surface area contributed by atoms with E-state index in [0.29, 0.717) is 16.9 Å². The Kier molecular flexibility index (Phi) is 7.36. The lowest BCUT2D eigenvalue weighted by Crippen LogP contribution is -2.54. The fourth-order valence-corrected chi connectivity index (χ4v) is 2.83. The van der Waals surface area contributed by atoms with Gasteiger partial charge in [0.2, 0.25) is 0 Å². The van der Waals surface area contributed by atoms with Crippen molar-refractivity contribution >= 4 is 17.7 Å². The van der Waals surface area contributed by atoms with Gasteiger partial charge in [-0.15, -0.1) is 0 Å². The normalized spacial score (nSPS) is 11.5. The van der Waals surface area contributed by atoms with Gasteiger partial charge in [-0.1, -0.05) is 31.5 Å². The zero-order valence-corrected chi connectivity index (χ0v) is 17.3. The van der Waals surface area contributed by atoms with E-state index < -0.39 is 17.9 Å². The maximum Gasteiger partial charge on any atom is 0.269 e. The first-order chi connectivity index (χ1) is 13.7. The van der Waals surface area contributed by atoms with E-state index in [1.165, 1.54) is 0 Å². The maximum atomic E-state index is 12.6. The Labute approximate surface area is 170 Å². The SMILES string of the molecule is COc1ccc(C(=O)N[C@H](C(=O)NNC(=O)c2ccc(C)cc2C)C(C)C)cc1. The number of hydrazine groups is 1. The Morgan fingerprint density at radius 1 is 0.897 bits per heavy atom.